The highest BCUT2D eigenvalue weighted by atomic mass is 32.2. The molecule has 2 amide bonds. The summed E-state index contributed by atoms with van der Waals surface area (Å²) in [6.07, 6.45) is 3.54. The van der Waals surface area contributed by atoms with E-state index < -0.39 is 0 Å². The van der Waals surface area contributed by atoms with Gasteiger partial charge < -0.3 is 10.2 Å². The Morgan fingerprint density at radius 3 is 2.38 bits per heavy atom. The lowest BCUT2D eigenvalue weighted by Gasteiger charge is -2.18. The van der Waals surface area contributed by atoms with Crippen LogP contribution in [0.15, 0.2) is 47.6 Å². The lowest BCUT2D eigenvalue weighted by molar-refractivity contribution is 0.0773. The second kappa shape index (κ2) is 8.49. The molecule has 2 aromatic rings. The van der Waals surface area contributed by atoms with Crippen LogP contribution in [0, 0.1) is 0 Å². The number of benzene rings is 1. The molecule has 0 radical (unpaired) electrons. The molecule has 1 aromatic carbocycles. The number of rotatable bonds is 6. The molecule has 0 saturated carbocycles. The highest BCUT2D eigenvalue weighted by Gasteiger charge is 2.14. The Balaban J connectivity index is 2.11. The summed E-state index contributed by atoms with van der Waals surface area (Å²) in [7, 11) is 0. The Morgan fingerprint density at radius 1 is 1.12 bits per heavy atom. The number of thioether (sulfide) groups is 1. The van der Waals surface area contributed by atoms with Crippen molar-refractivity contribution in [1.82, 2.24) is 9.88 Å². The number of carbonyl (C=O) groups excluding carboxylic acids is 2. The lowest BCUT2D eigenvalue weighted by atomic mass is 10.1. The molecule has 0 bridgehead atoms. The van der Waals surface area contributed by atoms with E-state index in [9.17, 15) is 9.59 Å². The summed E-state index contributed by atoms with van der Waals surface area (Å²) in [5, 5.41) is 3.52. The van der Waals surface area contributed by atoms with E-state index in [-0.39, 0.29) is 11.8 Å². The molecule has 0 saturated heterocycles. The molecule has 0 atom stereocenters. The van der Waals surface area contributed by atoms with Gasteiger partial charge in [-0.3, -0.25) is 9.59 Å². The number of aromatic nitrogens is 1. The minimum absolute atomic E-state index is 0.00481. The van der Waals surface area contributed by atoms with Crippen molar-refractivity contribution >= 4 is 29.3 Å². The van der Waals surface area contributed by atoms with Gasteiger partial charge >= 0.3 is 0 Å². The van der Waals surface area contributed by atoms with Crippen LogP contribution in [0.5, 0.6) is 0 Å². The summed E-state index contributed by atoms with van der Waals surface area (Å²) in [5.74, 6) is -0.218. The first-order chi connectivity index (χ1) is 11.6. The Bertz CT molecular complexity index is 712. The maximum atomic E-state index is 12.4. The molecular formula is C18H21N3O2S. The number of anilines is 1. The Kier molecular flexibility index (Phi) is 6.37. The Morgan fingerprint density at radius 2 is 1.79 bits per heavy atom. The van der Waals surface area contributed by atoms with Crippen LogP contribution in [0.2, 0.25) is 0 Å². The lowest BCUT2D eigenvalue weighted by Crippen LogP contribution is -2.30. The molecule has 6 heteroatoms. The van der Waals surface area contributed by atoms with Crippen molar-refractivity contribution in [2.45, 2.75) is 18.9 Å². The van der Waals surface area contributed by atoms with Gasteiger partial charge in [0.1, 0.15) is 5.03 Å². The molecule has 0 unspecified atom stereocenters. The average molecular weight is 343 g/mol. The molecule has 0 aliphatic heterocycles. The van der Waals surface area contributed by atoms with Gasteiger partial charge in [0, 0.05) is 30.5 Å². The monoisotopic (exact) mass is 343 g/mol. The van der Waals surface area contributed by atoms with Crippen molar-refractivity contribution < 1.29 is 9.59 Å². The molecule has 0 aliphatic carbocycles. The predicted molar refractivity (Wildman–Crippen MR) is 97.7 cm³/mol. The van der Waals surface area contributed by atoms with Crippen LogP contribution in [0.1, 0.15) is 34.6 Å². The van der Waals surface area contributed by atoms with Crippen molar-refractivity contribution in [2.75, 3.05) is 24.7 Å². The van der Waals surface area contributed by atoms with Gasteiger partial charge in [0.15, 0.2) is 0 Å². The first kappa shape index (κ1) is 18.0. The molecule has 0 fully saturated rings. The fourth-order valence-electron chi connectivity index (χ4n) is 2.31. The second-order valence-electron chi connectivity index (χ2n) is 5.07. The zero-order valence-corrected chi connectivity index (χ0v) is 14.9. The van der Waals surface area contributed by atoms with Crippen LogP contribution in [-0.2, 0) is 0 Å². The third kappa shape index (κ3) is 4.14. The summed E-state index contributed by atoms with van der Waals surface area (Å²) in [5.41, 5.74) is 1.79. The summed E-state index contributed by atoms with van der Waals surface area (Å²) < 4.78 is 0. The van der Waals surface area contributed by atoms with E-state index in [0.29, 0.717) is 34.9 Å². The highest BCUT2D eigenvalue weighted by molar-refractivity contribution is 7.98. The fraction of sp³-hybridized carbons (Fsp3) is 0.278. The Labute approximate surface area is 146 Å². The standard InChI is InChI=1S/C18H21N3O2S/c1-4-21(5-2)18(23)13-8-10-14(11-9-13)20-16(22)15-7-6-12-19-17(15)24-3/h6-12H,4-5H2,1-3H3,(H,20,22). The van der Waals surface area contributed by atoms with Gasteiger partial charge in [-0.15, -0.1) is 11.8 Å². The first-order valence-electron chi connectivity index (χ1n) is 7.80. The molecule has 0 spiro atoms. The topological polar surface area (TPSA) is 62.3 Å². The van der Waals surface area contributed by atoms with Crippen LogP contribution >= 0.6 is 11.8 Å². The van der Waals surface area contributed by atoms with Crippen molar-refractivity contribution in [2.24, 2.45) is 0 Å². The smallest absolute Gasteiger partial charge is 0.258 e. The van der Waals surface area contributed by atoms with Crippen LogP contribution in [0.3, 0.4) is 0 Å². The molecule has 0 aliphatic rings. The molecule has 1 N–H and O–H groups in total. The van der Waals surface area contributed by atoms with Crippen LogP contribution in [-0.4, -0.2) is 41.0 Å². The highest BCUT2D eigenvalue weighted by Crippen LogP contribution is 2.19. The zero-order valence-electron chi connectivity index (χ0n) is 14.1. The van der Waals surface area contributed by atoms with E-state index in [2.05, 4.69) is 10.3 Å². The van der Waals surface area contributed by atoms with E-state index >= 15 is 0 Å². The van der Waals surface area contributed by atoms with Gasteiger partial charge in [0.2, 0.25) is 0 Å². The Hall–Kier alpha value is -2.34. The van der Waals surface area contributed by atoms with E-state index in [0.717, 1.165) is 0 Å². The molecule has 1 aromatic heterocycles. The number of carbonyl (C=O) groups is 2. The summed E-state index contributed by atoms with van der Waals surface area (Å²) >= 11 is 1.43. The van der Waals surface area contributed by atoms with Gasteiger partial charge in [-0.1, -0.05) is 0 Å². The third-order valence-electron chi connectivity index (χ3n) is 3.65. The predicted octanol–water partition coefficient (Wildman–Crippen LogP) is 3.54. The first-order valence-corrected chi connectivity index (χ1v) is 9.02. The van der Waals surface area contributed by atoms with Crippen LogP contribution in [0.4, 0.5) is 5.69 Å². The van der Waals surface area contributed by atoms with Crippen molar-refractivity contribution in [3.8, 4) is 0 Å². The maximum Gasteiger partial charge on any atom is 0.258 e. The molecular weight excluding hydrogens is 322 g/mol. The largest absolute Gasteiger partial charge is 0.339 e. The molecule has 2 rings (SSSR count). The number of hydrogen-bond donors (Lipinski definition) is 1. The van der Waals surface area contributed by atoms with Crippen LogP contribution in [0.25, 0.3) is 0 Å². The number of nitrogens with zero attached hydrogens (tertiary/aromatic N) is 2. The molecule has 5 nitrogen and oxygen atoms in total. The van der Waals surface area contributed by atoms with Gasteiger partial charge in [-0.05, 0) is 56.5 Å². The van der Waals surface area contributed by atoms with Gasteiger partial charge in [0.25, 0.3) is 11.8 Å². The van der Waals surface area contributed by atoms with E-state index in [1.807, 2.05) is 20.1 Å². The quantitative estimate of drug-likeness (QED) is 0.815. The summed E-state index contributed by atoms with van der Waals surface area (Å²) in [6.45, 7) is 5.25. The van der Waals surface area contributed by atoms with E-state index in [1.165, 1.54) is 11.8 Å². The molecule has 24 heavy (non-hydrogen) atoms. The number of amides is 2. The second-order valence-corrected chi connectivity index (χ2v) is 5.86. The maximum absolute atomic E-state index is 12.4. The van der Waals surface area contributed by atoms with Gasteiger partial charge in [-0.25, -0.2) is 4.98 Å². The minimum atomic E-state index is -0.213. The van der Waals surface area contributed by atoms with Crippen molar-refractivity contribution in [1.29, 1.82) is 0 Å². The number of hydrogen-bond acceptors (Lipinski definition) is 4. The minimum Gasteiger partial charge on any atom is -0.339 e. The third-order valence-corrected chi connectivity index (χ3v) is 4.36. The summed E-state index contributed by atoms with van der Waals surface area (Å²) in [4.78, 5) is 30.6. The van der Waals surface area contributed by atoms with Crippen molar-refractivity contribution in [3.05, 3.63) is 53.7 Å². The van der Waals surface area contributed by atoms with E-state index in [4.69, 9.17) is 0 Å². The summed E-state index contributed by atoms with van der Waals surface area (Å²) in [6, 6.07) is 10.4. The normalized spacial score (nSPS) is 10.3. The van der Waals surface area contributed by atoms with Crippen LogP contribution < -0.4 is 5.32 Å². The molecule has 1 heterocycles. The number of pyridine rings is 1. The average Bonchev–Trinajstić information content (AvgIpc) is 2.63. The zero-order chi connectivity index (χ0) is 17.5. The van der Waals surface area contributed by atoms with Gasteiger partial charge in [-0.2, -0.15) is 0 Å². The SMILES string of the molecule is CCN(CC)C(=O)c1ccc(NC(=O)c2cccnc2SC)cc1. The molecule has 126 valence electrons. The number of nitrogens with one attached hydrogen (secondary N) is 1. The fourth-order valence-corrected chi connectivity index (χ4v) is 2.86. The van der Waals surface area contributed by atoms with Crippen molar-refractivity contribution in [3.63, 3.8) is 0 Å². The van der Waals surface area contributed by atoms with Gasteiger partial charge in [0.05, 0.1) is 5.56 Å². The van der Waals surface area contributed by atoms with E-state index in [1.54, 1.807) is 47.5 Å².